The van der Waals surface area contributed by atoms with E-state index in [2.05, 4.69) is 0 Å². The number of aromatic hydroxyl groups is 1. The molecule has 0 fully saturated rings. The average Bonchev–Trinajstić information content (AvgIpc) is 2.77. The van der Waals surface area contributed by atoms with Crippen LogP contribution in [0.25, 0.3) is 28.2 Å². The monoisotopic (exact) mass is 448 g/mol. The SMILES string of the molecule is COc1ccc(-c2coc3c4c(c(CC=C(C)C)c(O)c3c2=O)OC(C)(C)C=C4)cc1OC. The first-order valence-electron chi connectivity index (χ1n) is 10.7. The Morgan fingerprint density at radius 1 is 1.15 bits per heavy atom. The predicted molar refractivity (Wildman–Crippen MR) is 130 cm³/mol. The van der Waals surface area contributed by atoms with Gasteiger partial charge >= 0.3 is 0 Å². The van der Waals surface area contributed by atoms with Crippen molar-refractivity contribution in [2.24, 2.45) is 0 Å². The van der Waals surface area contributed by atoms with Gasteiger partial charge in [0.1, 0.15) is 28.7 Å². The molecular formula is C27H28O6. The molecule has 1 aliphatic rings. The van der Waals surface area contributed by atoms with E-state index in [-0.39, 0.29) is 16.6 Å². The van der Waals surface area contributed by atoms with Gasteiger partial charge in [0, 0.05) is 5.56 Å². The van der Waals surface area contributed by atoms with Crippen molar-refractivity contribution < 1.29 is 23.7 Å². The van der Waals surface area contributed by atoms with E-state index in [0.717, 1.165) is 5.57 Å². The third-order valence-corrected chi connectivity index (χ3v) is 5.70. The molecule has 1 aliphatic heterocycles. The maximum atomic E-state index is 13.6. The van der Waals surface area contributed by atoms with Crippen LogP contribution in [0.5, 0.6) is 23.0 Å². The van der Waals surface area contributed by atoms with Gasteiger partial charge in [-0.3, -0.25) is 4.79 Å². The first kappa shape index (κ1) is 22.5. The fourth-order valence-electron chi connectivity index (χ4n) is 3.95. The summed E-state index contributed by atoms with van der Waals surface area (Å²) in [6, 6.07) is 5.19. The summed E-state index contributed by atoms with van der Waals surface area (Å²) in [4.78, 5) is 13.6. The van der Waals surface area contributed by atoms with Gasteiger partial charge in [-0.15, -0.1) is 0 Å². The molecule has 0 saturated heterocycles. The second kappa shape index (κ2) is 8.35. The molecule has 0 bridgehead atoms. The molecule has 1 aromatic heterocycles. The van der Waals surface area contributed by atoms with Crippen LogP contribution in [0, 0.1) is 0 Å². The van der Waals surface area contributed by atoms with E-state index in [1.54, 1.807) is 25.3 Å². The lowest BCUT2D eigenvalue weighted by Gasteiger charge is -2.30. The minimum absolute atomic E-state index is 0.122. The molecule has 6 nitrogen and oxygen atoms in total. The normalized spacial score (nSPS) is 13.9. The van der Waals surface area contributed by atoms with Crippen LogP contribution in [0.15, 0.2) is 51.4 Å². The average molecular weight is 449 g/mol. The van der Waals surface area contributed by atoms with E-state index < -0.39 is 5.60 Å². The third kappa shape index (κ3) is 3.97. The molecule has 33 heavy (non-hydrogen) atoms. The molecule has 172 valence electrons. The molecule has 1 N–H and O–H groups in total. The molecule has 2 aromatic carbocycles. The van der Waals surface area contributed by atoms with E-state index in [1.807, 2.05) is 45.9 Å². The molecule has 0 unspecified atom stereocenters. The molecule has 0 saturated carbocycles. The number of benzene rings is 2. The van der Waals surface area contributed by atoms with Crippen molar-refractivity contribution in [1.29, 1.82) is 0 Å². The van der Waals surface area contributed by atoms with Gasteiger partial charge in [0.05, 0.1) is 25.3 Å². The van der Waals surface area contributed by atoms with Crippen molar-refractivity contribution in [3.8, 4) is 34.1 Å². The molecule has 6 heteroatoms. The number of methoxy groups -OCH3 is 2. The summed E-state index contributed by atoms with van der Waals surface area (Å²) in [5.74, 6) is 1.46. The summed E-state index contributed by atoms with van der Waals surface area (Å²) < 4.78 is 22.8. The van der Waals surface area contributed by atoms with E-state index in [0.29, 0.717) is 51.5 Å². The zero-order valence-corrected chi connectivity index (χ0v) is 19.7. The van der Waals surface area contributed by atoms with Gasteiger partial charge in [0.2, 0.25) is 5.43 Å². The number of fused-ring (bicyclic) bond motifs is 3. The molecule has 0 atom stereocenters. The van der Waals surface area contributed by atoms with Crippen LogP contribution < -0.4 is 19.6 Å². The highest BCUT2D eigenvalue weighted by atomic mass is 16.5. The van der Waals surface area contributed by atoms with E-state index >= 15 is 0 Å². The molecule has 0 amide bonds. The number of allylic oxidation sites excluding steroid dienone is 2. The topological polar surface area (TPSA) is 78.1 Å². The minimum atomic E-state index is -0.549. The molecule has 3 aromatic rings. The summed E-state index contributed by atoms with van der Waals surface area (Å²) >= 11 is 0. The van der Waals surface area contributed by atoms with Crippen molar-refractivity contribution in [3.05, 3.63) is 63.5 Å². The van der Waals surface area contributed by atoms with Crippen molar-refractivity contribution in [2.45, 2.75) is 39.7 Å². The summed E-state index contributed by atoms with van der Waals surface area (Å²) in [7, 11) is 3.08. The maximum Gasteiger partial charge on any atom is 0.204 e. The quantitative estimate of drug-likeness (QED) is 0.492. The van der Waals surface area contributed by atoms with Gasteiger partial charge < -0.3 is 23.7 Å². The molecule has 0 radical (unpaired) electrons. The predicted octanol–water partition coefficient (Wildman–Crippen LogP) is 5.88. The first-order valence-corrected chi connectivity index (χ1v) is 10.7. The first-order chi connectivity index (χ1) is 15.7. The van der Waals surface area contributed by atoms with Crippen molar-refractivity contribution in [1.82, 2.24) is 0 Å². The number of rotatable bonds is 5. The Bertz CT molecular complexity index is 1350. The van der Waals surface area contributed by atoms with Gasteiger partial charge in [0.15, 0.2) is 17.1 Å². The van der Waals surface area contributed by atoms with Crippen LogP contribution in [0.3, 0.4) is 0 Å². The fourth-order valence-corrected chi connectivity index (χ4v) is 3.95. The molecule has 0 spiro atoms. The zero-order chi connectivity index (χ0) is 23.9. The van der Waals surface area contributed by atoms with Gasteiger partial charge in [-0.1, -0.05) is 17.7 Å². The van der Waals surface area contributed by atoms with Crippen LogP contribution in [-0.2, 0) is 6.42 Å². The van der Waals surface area contributed by atoms with Crippen LogP contribution in [-0.4, -0.2) is 24.9 Å². The highest BCUT2D eigenvalue weighted by Crippen LogP contribution is 2.45. The molecular weight excluding hydrogens is 420 g/mol. The van der Waals surface area contributed by atoms with Crippen molar-refractivity contribution in [3.63, 3.8) is 0 Å². The van der Waals surface area contributed by atoms with Crippen molar-refractivity contribution >= 4 is 17.0 Å². The van der Waals surface area contributed by atoms with Gasteiger partial charge in [-0.25, -0.2) is 0 Å². The largest absolute Gasteiger partial charge is 0.507 e. The Labute approximate surface area is 192 Å². The van der Waals surface area contributed by atoms with Crippen LogP contribution >= 0.6 is 0 Å². The minimum Gasteiger partial charge on any atom is -0.507 e. The smallest absolute Gasteiger partial charge is 0.204 e. The Kier molecular flexibility index (Phi) is 5.70. The van der Waals surface area contributed by atoms with Crippen molar-refractivity contribution in [2.75, 3.05) is 14.2 Å². The van der Waals surface area contributed by atoms with E-state index in [4.69, 9.17) is 18.6 Å². The van der Waals surface area contributed by atoms with E-state index in [1.165, 1.54) is 13.4 Å². The second-order valence-corrected chi connectivity index (χ2v) is 8.85. The Balaban J connectivity index is 2.01. The summed E-state index contributed by atoms with van der Waals surface area (Å²) in [5.41, 5.74) is 2.63. The lowest BCUT2D eigenvalue weighted by Crippen LogP contribution is -2.28. The van der Waals surface area contributed by atoms with Gasteiger partial charge in [-0.05, 0) is 64.0 Å². The Hall–Kier alpha value is -3.67. The Morgan fingerprint density at radius 3 is 2.55 bits per heavy atom. The molecule has 2 heterocycles. The number of hydrogen-bond acceptors (Lipinski definition) is 6. The zero-order valence-electron chi connectivity index (χ0n) is 19.7. The highest BCUT2D eigenvalue weighted by molar-refractivity contribution is 5.97. The maximum absolute atomic E-state index is 13.6. The third-order valence-electron chi connectivity index (χ3n) is 5.70. The molecule has 4 rings (SSSR count). The van der Waals surface area contributed by atoms with Crippen LogP contribution in [0.4, 0.5) is 0 Å². The van der Waals surface area contributed by atoms with Crippen LogP contribution in [0.1, 0.15) is 38.8 Å². The van der Waals surface area contributed by atoms with Gasteiger partial charge in [-0.2, -0.15) is 0 Å². The standard InChI is InChI=1S/C27H28O6/c1-15(2)7-9-17-23(28)22-24(29)19(16-8-10-20(30-5)21(13-16)31-6)14-32-26(22)18-11-12-27(3,4)33-25(17)18/h7-8,10-14,28H,9H2,1-6H3. The summed E-state index contributed by atoms with van der Waals surface area (Å²) in [6.45, 7) is 7.85. The fraction of sp³-hybridized carbons (Fsp3) is 0.296. The van der Waals surface area contributed by atoms with Crippen LogP contribution in [0.2, 0.25) is 0 Å². The number of phenols is 1. The lowest BCUT2D eigenvalue weighted by atomic mass is 9.93. The van der Waals surface area contributed by atoms with Gasteiger partial charge in [0.25, 0.3) is 0 Å². The van der Waals surface area contributed by atoms with E-state index in [9.17, 15) is 9.90 Å². The summed E-state index contributed by atoms with van der Waals surface area (Å²) in [6.07, 6.45) is 7.64. The number of phenolic OH excluding ortho intramolecular Hbond substituents is 1. The molecule has 0 aliphatic carbocycles. The summed E-state index contributed by atoms with van der Waals surface area (Å²) in [5, 5.41) is 11.4. The highest BCUT2D eigenvalue weighted by Gasteiger charge is 2.30. The lowest BCUT2D eigenvalue weighted by molar-refractivity contribution is 0.157. The number of hydrogen-bond donors (Lipinski definition) is 1. The Morgan fingerprint density at radius 2 is 1.88 bits per heavy atom. The number of ether oxygens (including phenoxy) is 3. The second-order valence-electron chi connectivity index (χ2n) is 8.85.